The van der Waals surface area contributed by atoms with Gasteiger partial charge in [0.05, 0.1) is 16.8 Å². The van der Waals surface area contributed by atoms with Gasteiger partial charge in [0, 0.05) is 5.92 Å². The van der Waals surface area contributed by atoms with Gasteiger partial charge < -0.3 is 10.6 Å². The highest BCUT2D eigenvalue weighted by molar-refractivity contribution is 7.12. The van der Waals surface area contributed by atoms with Crippen LogP contribution in [0.4, 0.5) is 11.5 Å². The molecule has 1 aliphatic rings. The summed E-state index contributed by atoms with van der Waals surface area (Å²) in [5.74, 6) is 0.491. The van der Waals surface area contributed by atoms with Gasteiger partial charge in [-0.05, 0) is 36.4 Å². The molecule has 2 aromatic rings. The number of thiophene rings is 1. The van der Waals surface area contributed by atoms with Crippen LogP contribution in [0.2, 0.25) is 0 Å². The second kappa shape index (κ2) is 5.42. The Bertz CT molecular complexity index is 618. The highest BCUT2D eigenvalue weighted by Gasteiger charge is 2.29. The first-order chi connectivity index (χ1) is 9.72. The van der Waals surface area contributed by atoms with Crippen molar-refractivity contribution in [2.75, 3.05) is 10.6 Å². The number of hydrogen-bond acceptors (Lipinski definition) is 4. The first-order valence-electron chi connectivity index (χ1n) is 6.34. The van der Waals surface area contributed by atoms with Gasteiger partial charge in [0.1, 0.15) is 5.82 Å². The van der Waals surface area contributed by atoms with E-state index in [1.54, 1.807) is 24.4 Å². The van der Waals surface area contributed by atoms with Gasteiger partial charge in [0.15, 0.2) is 0 Å². The topological polar surface area (TPSA) is 71.1 Å². The van der Waals surface area contributed by atoms with Crippen molar-refractivity contribution in [3.8, 4) is 0 Å². The lowest BCUT2D eigenvalue weighted by atomic mass is 10.3. The molecule has 0 aromatic carbocycles. The zero-order chi connectivity index (χ0) is 13.9. The molecule has 102 valence electrons. The Labute approximate surface area is 120 Å². The van der Waals surface area contributed by atoms with Crippen LogP contribution in [-0.4, -0.2) is 16.8 Å². The highest BCUT2D eigenvalue weighted by atomic mass is 32.1. The molecule has 20 heavy (non-hydrogen) atoms. The molecule has 2 heterocycles. The standard InChI is InChI=1S/C14H13N3O2S/c18-13(9-3-4-9)16-10-5-6-12(15-8-10)17-14(19)11-2-1-7-20-11/h1-2,5-9H,3-4H2,(H,16,18)(H,15,17,19). The largest absolute Gasteiger partial charge is 0.324 e. The second-order valence-electron chi connectivity index (χ2n) is 4.63. The van der Waals surface area contributed by atoms with E-state index in [1.807, 2.05) is 11.4 Å². The van der Waals surface area contributed by atoms with Crippen molar-refractivity contribution in [1.29, 1.82) is 0 Å². The number of anilines is 2. The number of carbonyl (C=O) groups excluding carboxylic acids is 2. The predicted octanol–water partition coefficient (Wildman–Crippen LogP) is 2.74. The lowest BCUT2D eigenvalue weighted by molar-refractivity contribution is -0.117. The lowest BCUT2D eigenvalue weighted by Gasteiger charge is -2.06. The van der Waals surface area contributed by atoms with Crippen LogP contribution in [-0.2, 0) is 4.79 Å². The average molecular weight is 287 g/mol. The molecule has 0 bridgehead atoms. The molecule has 1 fully saturated rings. The van der Waals surface area contributed by atoms with Gasteiger partial charge in [-0.1, -0.05) is 6.07 Å². The van der Waals surface area contributed by atoms with Gasteiger partial charge in [-0.15, -0.1) is 11.3 Å². The molecule has 2 amide bonds. The fraction of sp³-hybridized carbons (Fsp3) is 0.214. The zero-order valence-electron chi connectivity index (χ0n) is 10.6. The van der Waals surface area contributed by atoms with Crippen LogP contribution in [0.25, 0.3) is 0 Å². The summed E-state index contributed by atoms with van der Waals surface area (Å²) in [6.07, 6.45) is 3.48. The van der Waals surface area contributed by atoms with Crippen LogP contribution in [0.3, 0.4) is 0 Å². The summed E-state index contributed by atoms with van der Waals surface area (Å²) in [7, 11) is 0. The minimum absolute atomic E-state index is 0.0437. The van der Waals surface area contributed by atoms with Gasteiger partial charge in [-0.25, -0.2) is 4.98 Å². The Morgan fingerprint density at radius 2 is 2.05 bits per heavy atom. The summed E-state index contributed by atoms with van der Waals surface area (Å²) in [6.45, 7) is 0. The molecule has 0 atom stereocenters. The molecule has 0 saturated heterocycles. The summed E-state index contributed by atoms with van der Waals surface area (Å²) < 4.78 is 0. The van der Waals surface area contributed by atoms with Crippen LogP contribution < -0.4 is 10.6 Å². The molecule has 5 nitrogen and oxygen atoms in total. The van der Waals surface area contributed by atoms with Crippen LogP contribution >= 0.6 is 11.3 Å². The summed E-state index contributed by atoms with van der Waals surface area (Å²) in [5.41, 5.74) is 0.649. The maximum atomic E-state index is 11.8. The normalized spacial score (nSPS) is 13.8. The molecule has 2 N–H and O–H groups in total. The SMILES string of the molecule is O=C(Nc1ccc(NC(=O)C2CC2)cn1)c1cccs1. The molecule has 0 radical (unpaired) electrons. The van der Waals surface area contributed by atoms with Crippen LogP contribution in [0.15, 0.2) is 35.8 Å². The van der Waals surface area contributed by atoms with Gasteiger partial charge in [-0.2, -0.15) is 0 Å². The van der Waals surface area contributed by atoms with E-state index < -0.39 is 0 Å². The third-order valence-corrected chi connectivity index (χ3v) is 3.83. The first-order valence-corrected chi connectivity index (χ1v) is 7.22. The van der Waals surface area contributed by atoms with Crippen molar-refractivity contribution in [2.24, 2.45) is 5.92 Å². The molecule has 2 aromatic heterocycles. The lowest BCUT2D eigenvalue weighted by Crippen LogP contribution is -2.14. The second-order valence-corrected chi connectivity index (χ2v) is 5.57. The van der Waals surface area contributed by atoms with Crippen LogP contribution in [0, 0.1) is 5.92 Å². The first kappa shape index (κ1) is 12.8. The molecule has 1 saturated carbocycles. The molecule has 0 spiro atoms. The molecule has 0 unspecified atom stereocenters. The third-order valence-electron chi connectivity index (χ3n) is 2.97. The number of rotatable bonds is 4. The fourth-order valence-electron chi connectivity index (χ4n) is 1.72. The predicted molar refractivity (Wildman–Crippen MR) is 77.9 cm³/mol. The Morgan fingerprint density at radius 1 is 1.20 bits per heavy atom. The summed E-state index contributed by atoms with van der Waals surface area (Å²) in [5, 5.41) is 7.35. The van der Waals surface area contributed by atoms with Crippen molar-refractivity contribution in [3.05, 3.63) is 40.7 Å². The summed E-state index contributed by atoms with van der Waals surface area (Å²) >= 11 is 1.38. The van der Waals surface area contributed by atoms with E-state index in [0.717, 1.165) is 12.8 Å². The molecular weight excluding hydrogens is 274 g/mol. The maximum absolute atomic E-state index is 11.8. The fourth-order valence-corrected chi connectivity index (χ4v) is 2.34. The van der Waals surface area contributed by atoms with Crippen molar-refractivity contribution in [2.45, 2.75) is 12.8 Å². The smallest absolute Gasteiger partial charge is 0.266 e. The van der Waals surface area contributed by atoms with Gasteiger partial charge in [0.25, 0.3) is 5.91 Å². The van der Waals surface area contributed by atoms with Crippen LogP contribution in [0.1, 0.15) is 22.5 Å². The van der Waals surface area contributed by atoms with Gasteiger partial charge >= 0.3 is 0 Å². The Balaban J connectivity index is 1.61. The van der Waals surface area contributed by atoms with E-state index in [0.29, 0.717) is 16.4 Å². The van der Waals surface area contributed by atoms with E-state index in [-0.39, 0.29) is 17.7 Å². The molecule has 1 aliphatic carbocycles. The van der Waals surface area contributed by atoms with Crippen molar-refractivity contribution < 1.29 is 9.59 Å². The maximum Gasteiger partial charge on any atom is 0.266 e. The minimum atomic E-state index is -0.178. The van der Waals surface area contributed by atoms with Crippen molar-refractivity contribution >= 4 is 34.7 Å². The van der Waals surface area contributed by atoms with E-state index in [2.05, 4.69) is 15.6 Å². The minimum Gasteiger partial charge on any atom is -0.324 e. The van der Waals surface area contributed by atoms with Crippen molar-refractivity contribution in [1.82, 2.24) is 4.98 Å². The molecule has 3 rings (SSSR count). The Morgan fingerprint density at radius 3 is 2.65 bits per heavy atom. The number of pyridine rings is 1. The average Bonchev–Trinajstić information content (AvgIpc) is 3.16. The number of hydrogen-bond donors (Lipinski definition) is 2. The van der Waals surface area contributed by atoms with Crippen LogP contribution in [0.5, 0.6) is 0 Å². The number of carbonyl (C=O) groups is 2. The highest BCUT2D eigenvalue weighted by Crippen LogP contribution is 2.30. The number of amides is 2. The van der Waals surface area contributed by atoms with Gasteiger partial charge in [-0.3, -0.25) is 9.59 Å². The number of nitrogens with zero attached hydrogens (tertiary/aromatic N) is 1. The number of nitrogens with one attached hydrogen (secondary N) is 2. The number of aromatic nitrogens is 1. The molecule has 6 heteroatoms. The molecular formula is C14H13N3O2S. The third kappa shape index (κ3) is 3.03. The van der Waals surface area contributed by atoms with Crippen molar-refractivity contribution in [3.63, 3.8) is 0 Å². The van der Waals surface area contributed by atoms with Gasteiger partial charge in [0.2, 0.25) is 5.91 Å². The Hall–Kier alpha value is -2.21. The summed E-state index contributed by atoms with van der Waals surface area (Å²) in [6, 6.07) is 6.99. The quantitative estimate of drug-likeness (QED) is 0.908. The van der Waals surface area contributed by atoms with E-state index in [4.69, 9.17) is 0 Å². The monoisotopic (exact) mass is 287 g/mol. The Kier molecular flexibility index (Phi) is 3.47. The zero-order valence-corrected chi connectivity index (χ0v) is 11.4. The molecule has 0 aliphatic heterocycles. The van der Waals surface area contributed by atoms with E-state index in [9.17, 15) is 9.59 Å². The summed E-state index contributed by atoms with van der Waals surface area (Å²) in [4.78, 5) is 28.2. The van der Waals surface area contributed by atoms with E-state index >= 15 is 0 Å². The van der Waals surface area contributed by atoms with E-state index in [1.165, 1.54) is 11.3 Å².